The fourth-order valence-corrected chi connectivity index (χ4v) is 2.58. The van der Waals surface area contributed by atoms with E-state index in [9.17, 15) is 4.79 Å². The van der Waals surface area contributed by atoms with Gasteiger partial charge in [0, 0.05) is 6.07 Å². The van der Waals surface area contributed by atoms with E-state index >= 15 is 0 Å². The minimum Gasteiger partial charge on any atom is -0.489 e. The zero-order valence-corrected chi connectivity index (χ0v) is 13.2. The maximum atomic E-state index is 11.8. The van der Waals surface area contributed by atoms with Gasteiger partial charge in [0.05, 0.1) is 6.61 Å². The maximum absolute atomic E-state index is 11.8. The van der Waals surface area contributed by atoms with Crippen molar-refractivity contribution in [3.8, 4) is 11.5 Å². The van der Waals surface area contributed by atoms with E-state index in [1.165, 1.54) is 0 Å². The molecule has 1 atom stereocenters. The van der Waals surface area contributed by atoms with Crippen molar-refractivity contribution in [1.29, 1.82) is 0 Å². The van der Waals surface area contributed by atoms with Crippen LogP contribution in [0.2, 0.25) is 0 Å². The van der Waals surface area contributed by atoms with Crippen LogP contribution >= 0.6 is 0 Å². The summed E-state index contributed by atoms with van der Waals surface area (Å²) >= 11 is 0. The third kappa shape index (κ3) is 3.83. The average molecular weight is 312 g/mol. The van der Waals surface area contributed by atoms with Crippen molar-refractivity contribution in [2.24, 2.45) is 0 Å². The standard InChI is InChI=1S/C19H20O4/c1-2-21-19(20)17-11-9-15-8-10-16(12-18(15)23-17)22-13-14-6-4-3-5-7-14/h3-8,10,12,17H,2,9,11,13H2,1H3. The van der Waals surface area contributed by atoms with Crippen molar-refractivity contribution in [2.75, 3.05) is 6.61 Å². The number of hydrogen-bond acceptors (Lipinski definition) is 4. The maximum Gasteiger partial charge on any atom is 0.347 e. The lowest BCUT2D eigenvalue weighted by Crippen LogP contribution is -2.32. The number of carbonyl (C=O) groups is 1. The van der Waals surface area contributed by atoms with Gasteiger partial charge in [-0.2, -0.15) is 0 Å². The molecule has 120 valence electrons. The van der Waals surface area contributed by atoms with Crippen molar-refractivity contribution < 1.29 is 19.0 Å². The number of aryl methyl sites for hydroxylation is 1. The summed E-state index contributed by atoms with van der Waals surface area (Å²) in [6.45, 7) is 2.66. The molecule has 0 N–H and O–H groups in total. The highest BCUT2D eigenvalue weighted by Gasteiger charge is 2.27. The summed E-state index contributed by atoms with van der Waals surface area (Å²) in [4.78, 5) is 11.8. The fourth-order valence-electron chi connectivity index (χ4n) is 2.58. The number of benzene rings is 2. The second kappa shape index (κ2) is 7.18. The van der Waals surface area contributed by atoms with Crippen LogP contribution in [0.3, 0.4) is 0 Å². The molecule has 1 aliphatic heterocycles. The van der Waals surface area contributed by atoms with Crippen molar-refractivity contribution in [2.45, 2.75) is 32.5 Å². The van der Waals surface area contributed by atoms with Crippen LogP contribution in [0.5, 0.6) is 11.5 Å². The third-order valence-corrected chi connectivity index (χ3v) is 3.78. The Balaban J connectivity index is 1.67. The largest absolute Gasteiger partial charge is 0.489 e. The Morgan fingerprint density at radius 1 is 1.22 bits per heavy atom. The minimum atomic E-state index is -0.521. The number of rotatable bonds is 5. The van der Waals surface area contributed by atoms with Crippen LogP contribution in [0.25, 0.3) is 0 Å². The predicted molar refractivity (Wildman–Crippen MR) is 86.6 cm³/mol. The number of esters is 1. The molecular weight excluding hydrogens is 292 g/mol. The van der Waals surface area contributed by atoms with Gasteiger partial charge in [0.2, 0.25) is 0 Å². The molecule has 23 heavy (non-hydrogen) atoms. The Morgan fingerprint density at radius 3 is 2.83 bits per heavy atom. The summed E-state index contributed by atoms with van der Waals surface area (Å²) in [5, 5.41) is 0. The first-order valence-electron chi connectivity index (χ1n) is 7.89. The smallest absolute Gasteiger partial charge is 0.347 e. The molecule has 1 unspecified atom stereocenters. The lowest BCUT2D eigenvalue weighted by molar-refractivity contribution is -0.152. The van der Waals surface area contributed by atoms with Crippen LogP contribution in [0.4, 0.5) is 0 Å². The summed E-state index contributed by atoms with van der Waals surface area (Å²) in [6, 6.07) is 15.8. The molecule has 0 amide bonds. The van der Waals surface area contributed by atoms with Crippen LogP contribution in [0, 0.1) is 0 Å². The van der Waals surface area contributed by atoms with E-state index in [-0.39, 0.29) is 5.97 Å². The van der Waals surface area contributed by atoms with E-state index in [1.807, 2.05) is 48.5 Å². The van der Waals surface area contributed by atoms with E-state index in [4.69, 9.17) is 14.2 Å². The quantitative estimate of drug-likeness (QED) is 0.792. The zero-order chi connectivity index (χ0) is 16.1. The van der Waals surface area contributed by atoms with Gasteiger partial charge in [-0.15, -0.1) is 0 Å². The first-order valence-corrected chi connectivity index (χ1v) is 7.89. The van der Waals surface area contributed by atoms with Gasteiger partial charge < -0.3 is 14.2 Å². The SMILES string of the molecule is CCOC(=O)C1CCc2ccc(OCc3ccccc3)cc2O1. The molecule has 0 saturated heterocycles. The van der Waals surface area contributed by atoms with E-state index in [2.05, 4.69) is 0 Å². The van der Waals surface area contributed by atoms with Crippen molar-refractivity contribution >= 4 is 5.97 Å². The molecular formula is C19H20O4. The summed E-state index contributed by atoms with van der Waals surface area (Å²) in [5.41, 5.74) is 2.20. The Morgan fingerprint density at radius 2 is 2.04 bits per heavy atom. The molecule has 0 spiro atoms. The molecule has 0 radical (unpaired) electrons. The molecule has 2 aromatic carbocycles. The van der Waals surface area contributed by atoms with Gasteiger partial charge in [-0.1, -0.05) is 36.4 Å². The van der Waals surface area contributed by atoms with Gasteiger partial charge >= 0.3 is 5.97 Å². The van der Waals surface area contributed by atoms with Crippen molar-refractivity contribution in [3.63, 3.8) is 0 Å². The number of hydrogen-bond donors (Lipinski definition) is 0. The van der Waals surface area contributed by atoms with E-state index < -0.39 is 6.10 Å². The van der Waals surface area contributed by atoms with Crippen LogP contribution in [-0.2, 0) is 22.6 Å². The molecule has 3 rings (SSSR count). The Kier molecular flexibility index (Phi) is 4.81. The first kappa shape index (κ1) is 15.4. The fraction of sp³-hybridized carbons (Fsp3) is 0.316. The zero-order valence-electron chi connectivity index (χ0n) is 13.2. The highest BCUT2D eigenvalue weighted by molar-refractivity contribution is 5.75. The molecule has 4 heteroatoms. The summed E-state index contributed by atoms with van der Waals surface area (Å²) in [7, 11) is 0. The Labute approximate surface area is 136 Å². The summed E-state index contributed by atoms with van der Waals surface area (Å²) < 4.78 is 16.6. The van der Waals surface area contributed by atoms with Crippen LogP contribution in [0.1, 0.15) is 24.5 Å². The second-order valence-electron chi connectivity index (χ2n) is 5.44. The second-order valence-corrected chi connectivity index (χ2v) is 5.44. The van der Waals surface area contributed by atoms with E-state index in [0.717, 1.165) is 23.3 Å². The average Bonchev–Trinajstić information content (AvgIpc) is 2.60. The molecule has 1 aliphatic rings. The normalized spacial score (nSPS) is 16.1. The molecule has 0 aromatic heterocycles. The van der Waals surface area contributed by atoms with E-state index in [1.54, 1.807) is 6.92 Å². The number of ether oxygens (including phenoxy) is 3. The van der Waals surface area contributed by atoms with Crippen molar-refractivity contribution in [1.82, 2.24) is 0 Å². The van der Waals surface area contributed by atoms with Gasteiger partial charge in [-0.3, -0.25) is 0 Å². The number of fused-ring (bicyclic) bond motifs is 1. The topological polar surface area (TPSA) is 44.8 Å². The van der Waals surface area contributed by atoms with Gasteiger partial charge in [0.25, 0.3) is 0 Å². The van der Waals surface area contributed by atoms with Crippen molar-refractivity contribution in [3.05, 3.63) is 59.7 Å². The highest BCUT2D eigenvalue weighted by Crippen LogP contribution is 2.32. The molecule has 2 aromatic rings. The lowest BCUT2D eigenvalue weighted by Gasteiger charge is -2.25. The predicted octanol–water partition coefficient (Wildman–Crippen LogP) is 3.52. The van der Waals surface area contributed by atoms with Crippen LogP contribution < -0.4 is 9.47 Å². The molecule has 0 saturated carbocycles. The summed E-state index contributed by atoms with van der Waals surface area (Å²) in [6.07, 6.45) is 0.931. The Hall–Kier alpha value is -2.49. The Bertz CT molecular complexity index is 666. The monoisotopic (exact) mass is 312 g/mol. The first-order chi connectivity index (χ1) is 11.3. The lowest BCUT2D eigenvalue weighted by atomic mass is 10.0. The molecule has 0 bridgehead atoms. The molecule has 1 heterocycles. The van der Waals surface area contributed by atoms with Gasteiger partial charge in [0.1, 0.15) is 18.1 Å². The van der Waals surface area contributed by atoms with E-state index in [0.29, 0.717) is 25.4 Å². The molecule has 4 nitrogen and oxygen atoms in total. The van der Waals surface area contributed by atoms with Crippen LogP contribution in [0.15, 0.2) is 48.5 Å². The summed E-state index contributed by atoms with van der Waals surface area (Å²) in [5.74, 6) is 1.14. The van der Waals surface area contributed by atoms with Gasteiger partial charge in [0.15, 0.2) is 6.10 Å². The van der Waals surface area contributed by atoms with Crippen LogP contribution in [-0.4, -0.2) is 18.7 Å². The molecule has 0 aliphatic carbocycles. The van der Waals surface area contributed by atoms with Gasteiger partial charge in [-0.05, 0) is 37.0 Å². The minimum absolute atomic E-state index is 0.297. The molecule has 0 fully saturated rings. The van der Waals surface area contributed by atoms with Gasteiger partial charge in [-0.25, -0.2) is 4.79 Å². The number of carbonyl (C=O) groups excluding carboxylic acids is 1. The third-order valence-electron chi connectivity index (χ3n) is 3.78. The highest BCUT2D eigenvalue weighted by atomic mass is 16.6.